The Morgan fingerprint density at radius 3 is 2.74 bits per heavy atom. The molecule has 3 N–H and O–H groups in total. The van der Waals surface area contributed by atoms with E-state index in [2.05, 4.69) is 10.3 Å². The molecule has 0 aliphatic heterocycles. The van der Waals surface area contributed by atoms with Gasteiger partial charge in [0, 0.05) is 17.1 Å². The molecule has 1 aromatic heterocycles. The number of para-hydroxylation sites is 2. The summed E-state index contributed by atoms with van der Waals surface area (Å²) in [6.45, 7) is 0. The minimum atomic E-state index is 0.222. The number of hydrogen-bond donors (Lipinski definition) is 3. The minimum Gasteiger partial charge on any atom is -0.506 e. The third-order valence-electron chi connectivity index (χ3n) is 3.06. The Bertz CT molecular complexity index is 719. The van der Waals surface area contributed by atoms with Crippen LogP contribution < -0.4 is 10.1 Å². The van der Waals surface area contributed by atoms with Gasteiger partial charge in [-0.3, -0.25) is 0 Å². The second-order valence-corrected chi connectivity index (χ2v) is 4.26. The average molecular weight is 254 g/mol. The van der Waals surface area contributed by atoms with Gasteiger partial charge in [0.1, 0.15) is 11.5 Å². The summed E-state index contributed by atoms with van der Waals surface area (Å²) < 4.78 is 5.23. The summed E-state index contributed by atoms with van der Waals surface area (Å²) in [6, 6.07) is 13.0. The first-order valence-corrected chi connectivity index (χ1v) is 5.98. The van der Waals surface area contributed by atoms with E-state index in [1.165, 1.54) is 0 Å². The first-order valence-electron chi connectivity index (χ1n) is 5.98. The highest BCUT2D eigenvalue weighted by atomic mass is 16.5. The Kier molecular flexibility index (Phi) is 2.76. The van der Waals surface area contributed by atoms with Gasteiger partial charge in [0.2, 0.25) is 0 Å². The van der Waals surface area contributed by atoms with Crippen LogP contribution in [0, 0.1) is 0 Å². The first kappa shape index (κ1) is 11.5. The molecule has 0 radical (unpaired) electrons. The summed E-state index contributed by atoms with van der Waals surface area (Å²) >= 11 is 0. The van der Waals surface area contributed by atoms with Crippen LogP contribution in [-0.2, 0) is 0 Å². The summed E-state index contributed by atoms with van der Waals surface area (Å²) in [5.41, 5.74) is 2.58. The lowest BCUT2D eigenvalue weighted by Gasteiger charge is -2.07. The molecular formula is C15H14N2O2. The number of phenolic OH excluding ortho intramolecular Hbond substituents is 1. The van der Waals surface area contributed by atoms with Crippen molar-refractivity contribution in [1.29, 1.82) is 0 Å². The minimum absolute atomic E-state index is 0.222. The summed E-state index contributed by atoms with van der Waals surface area (Å²) in [5.74, 6) is 1.02. The van der Waals surface area contributed by atoms with Crippen LogP contribution in [0.1, 0.15) is 0 Å². The molecule has 0 spiro atoms. The van der Waals surface area contributed by atoms with E-state index in [-0.39, 0.29) is 5.75 Å². The molecule has 0 saturated carbocycles. The van der Waals surface area contributed by atoms with Gasteiger partial charge < -0.3 is 20.1 Å². The van der Waals surface area contributed by atoms with Crippen molar-refractivity contribution in [2.24, 2.45) is 0 Å². The number of H-pyrrole nitrogens is 1. The predicted molar refractivity (Wildman–Crippen MR) is 76.2 cm³/mol. The molecule has 3 aromatic rings. The number of anilines is 2. The first-order chi connectivity index (χ1) is 9.28. The highest BCUT2D eigenvalue weighted by Crippen LogP contribution is 2.32. The second kappa shape index (κ2) is 4.57. The second-order valence-electron chi connectivity index (χ2n) is 4.26. The molecule has 0 bridgehead atoms. The van der Waals surface area contributed by atoms with Gasteiger partial charge in [0.05, 0.1) is 18.5 Å². The number of rotatable bonds is 3. The number of ether oxygens (including phenoxy) is 1. The molecular weight excluding hydrogens is 240 g/mol. The summed E-state index contributed by atoms with van der Waals surface area (Å²) in [7, 11) is 1.64. The highest BCUT2D eigenvalue weighted by Gasteiger charge is 2.07. The highest BCUT2D eigenvalue weighted by molar-refractivity contribution is 5.95. The fourth-order valence-electron chi connectivity index (χ4n) is 2.05. The molecule has 3 rings (SSSR count). The maximum absolute atomic E-state index is 9.78. The van der Waals surface area contributed by atoms with E-state index in [0.717, 1.165) is 22.3 Å². The Labute approximate surface area is 110 Å². The maximum atomic E-state index is 9.78. The molecule has 0 amide bonds. The molecule has 0 aliphatic rings. The zero-order valence-electron chi connectivity index (χ0n) is 10.5. The van der Waals surface area contributed by atoms with Gasteiger partial charge >= 0.3 is 0 Å². The van der Waals surface area contributed by atoms with Gasteiger partial charge in [-0.1, -0.05) is 12.1 Å². The zero-order chi connectivity index (χ0) is 13.2. The molecule has 19 heavy (non-hydrogen) atoms. The van der Waals surface area contributed by atoms with Crippen molar-refractivity contribution in [3.8, 4) is 11.5 Å². The zero-order valence-corrected chi connectivity index (χ0v) is 10.5. The van der Waals surface area contributed by atoms with Gasteiger partial charge in [-0.15, -0.1) is 0 Å². The number of hydrogen-bond acceptors (Lipinski definition) is 3. The SMILES string of the molecule is COc1ccc2[nH]cc(Nc3ccccc3O)c2c1. The van der Waals surface area contributed by atoms with Crippen LogP contribution >= 0.6 is 0 Å². The predicted octanol–water partition coefficient (Wildman–Crippen LogP) is 3.63. The molecule has 4 nitrogen and oxygen atoms in total. The van der Waals surface area contributed by atoms with Gasteiger partial charge in [-0.25, -0.2) is 0 Å². The number of methoxy groups -OCH3 is 1. The fraction of sp³-hybridized carbons (Fsp3) is 0.0667. The number of fused-ring (bicyclic) bond motifs is 1. The van der Waals surface area contributed by atoms with E-state index in [4.69, 9.17) is 4.74 Å². The molecule has 2 aromatic carbocycles. The third-order valence-corrected chi connectivity index (χ3v) is 3.06. The number of aromatic amines is 1. The van der Waals surface area contributed by atoms with Crippen molar-refractivity contribution in [2.45, 2.75) is 0 Å². The van der Waals surface area contributed by atoms with Crippen molar-refractivity contribution in [3.05, 3.63) is 48.7 Å². The molecule has 4 heteroatoms. The van der Waals surface area contributed by atoms with Gasteiger partial charge in [-0.05, 0) is 30.3 Å². The van der Waals surface area contributed by atoms with Crippen LogP contribution in [-0.4, -0.2) is 17.2 Å². The molecule has 0 atom stereocenters. The standard InChI is InChI=1S/C15H14N2O2/c1-19-10-6-7-12-11(8-10)14(9-16-12)17-13-4-2-3-5-15(13)18/h2-9,16-18H,1H3. The normalized spacial score (nSPS) is 10.6. The molecule has 1 heterocycles. The lowest BCUT2D eigenvalue weighted by atomic mass is 10.2. The van der Waals surface area contributed by atoms with Crippen LogP contribution in [0.4, 0.5) is 11.4 Å². The van der Waals surface area contributed by atoms with E-state index in [1.54, 1.807) is 19.2 Å². The van der Waals surface area contributed by atoms with Crippen molar-refractivity contribution in [3.63, 3.8) is 0 Å². The van der Waals surface area contributed by atoms with Gasteiger partial charge in [-0.2, -0.15) is 0 Å². The monoisotopic (exact) mass is 254 g/mol. The Morgan fingerprint density at radius 1 is 1.11 bits per heavy atom. The van der Waals surface area contributed by atoms with Crippen LogP contribution in [0.2, 0.25) is 0 Å². The molecule has 0 saturated heterocycles. The number of benzene rings is 2. The van der Waals surface area contributed by atoms with E-state index in [1.807, 2.05) is 36.5 Å². The maximum Gasteiger partial charge on any atom is 0.139 e. The quantitative estimate of drug-likeness (QED) is 0.625. The van der Waals surface area contributed by atoms with Crippen LogP contribution in [0.15, 0.2) is 48.7 Å². The van der Waals surface area contributed by atoms with Crippen LogP contribution in [0.25, 0.3) is 10.9 Å². The summed E-state index contributed by atoms with van der Waals surface area (Å²) in [6.07, 6.45) is 1.87. The summed E-state index contributed by atoms with van der Waals surface area (Å²) in [4.78, 5) is 3.18. The average Bonchev–Trinajstić information content (AvgIpc) is 2.84. The number of aromatic hydroxyl groups is 1. The van der Waals surface area contributed by atoms with Crippen molar-refractivity contribution in [2.75, 3.05) is 12.4 Å². The van der Waals surface area contributed by atoms with E-state index in [0.29, 0.717) is 5.69 Å². The van der Waals surface area contributed by atoms with E-state index < -0.39 is 0 Å². The van der Waals surface area contributed by atoms with Crippen LogP contribution in [0.5, 0.6) is 11.5 Å². The molecule has 0 fully saturated rings. The molecule has 0 aliphatic carbocycles. The summed E-state index contributed by atoms with van der Waals surface area (Å²) in [5, 5.41) is 14.0. The Morgan fingerprint density at radius 2 is 1.95 bits per heavy atom. The van der Waals surface area contributed by atoms with Gasteiger partial charge in [0.15, 0.2) is 0 Å². The number of aromatic nitrogens is 1. The Hall–Kier alpha value is -2.62. The van der Waals surface area contributed by atoms with Crippen molar-refractivity contribution < 1.29 is 9.84 Å². The third kappa shape index (κ3) is 2.08. The van der Waals surface area contributed by atoms with E-state index in [9.17, 15) is 5.11 Å². The van der Waals surface area contributed by atoms with Gasteiger partial charge in [0.25, 0.3) is 0 Å². The lowest BCUT2D eigenvalue weighted by molar-refractivity contribution is 0.415. The molecule has 96 valence electrons. The fourth-order valence-corrected chi connectivity index (χ4v) is 2.05. The number of nitrogens with one attached hydrogen (secondary N) is 2. The number of phenols is 1. The topological polar surface area (TPSA) is 57.3 Å². The lowest BCUT2D eigenvalue weighted by Crippen LogP contribution is -1.89. The smallest absolute Gasteiger partial charge is 0.139 e. The van der Waals surface area contributed by atoms with Crippen molar-refractivity contribution >= 4 is 22.3 Å². The van der Waals surface area contributed by atoms with E-state index >= 15 is 0 Å². The molecule has 0 unspecified atom stereocenters. The Balaban J connectivity index is 2.03. The van der Waals surface area contributed by atoms with Crippen molar-refractivity contribution in [1.82, 2.24) is 4.98 Å². The largest absolute Gasteiger partial charge is 0.506 e. The van der Waals surface area contributed by atoms with Crippen LogP contribution in [0.3, 0.4) is 0 Å².